The Balaban J connectivity index is 2.95. The molecule has 1 amide bonds. The van der Waals surface area contributed by atoms with Crippen molar-refractivity contribution in [1.82, 2.24) is 4.90 Å². The lowest BCUT2D eigenvalue weighted by Crippen LogP contribution is -2.41. The Morgan fingerprint density at radius 2 is 2.05 bits per heavy atom. The van der Waals surface area contributed by atoms with Crippen LogP contribution in [0, 0.1) is 0 Å². The fourth-order valence-corrected chi connectivity index (χ4v) is 2.22. The highest BCUT2D eigenvalue weighted by Crippen LogP contribution is 2.29. The molecule has 116 valence electrons. The second-order valence-corrected chi connectivity index (χ2v) is 5.25. The predicted molar refractivity (Wildman–Crippen MR) is 80.8 cm³/mol. The first-order valence-electron chi connectivity index (χ1n) is 6.78. The molecule has 1 rings (SSSR count). The average molecular weight is 314 g/mol. The quantitative estimate of drug-likeness (QED) is 0.840. The summed E-state index contributed by atoms with van der Waals surface area (Å²) in [5.41, 5.74) is 0.658. The van der Waals surface area contributed by atoms with E-state index in [4.69, 9.17) is 21.4 Å². The molecule has 0 radical (unpaired) electrons. The van der Waals surface area contributed by atoms with Crippen LogP contribution in [-0.2, 0) is 16.0 Å². The van der Waals surface area contributed by atoms with E-state index in [-0.39, 0.29) is 24.9 Å². The summed E-state index contributed by atoms with van der Waals surface area (Å²) in [5, 5.41) is 9.33. The molecule has 0 atom stereocenters. The van der Waals surface area contributed by atoms with E-state index >= 15 is 0 Å². The maximum Gasteiger partial charge on any atom is 0.323 e. The van der Waals surface area contributed by atoms with Crippen LogP contribution in [0.1, 0.15) is 26.3 Å². The third kappa shape index (κ3) is 4.93. The normalized spacial score (nSPS) is 10.5. The SMILES string of the molecule is CCOc1c(Cl)cccc1CC(=O)N(CC(=O)O)C(C)C. The lowest BCUT2D eigenvalue weighted by molar-refractivity contribution is -0.145. The number of carboxylic acid groups (broad SMARTS) is 1. The van der Waals surface area contributed by atoms with Crippen molar-refractivity contribution in [2.75, 3.05) is 13.2 Å². The second-order valence-electron chi connectivity index (χ2n) is 4.85. The molecular formula is C15H20ClNO4. The Labute approximate surface area is 129 Å². The molecule has 0 bridgehead atoms. The van der Waals surface area contributed by atoms with Crippen LogP contribution >= 0.6 is 11.6 Å². The van der Waals surface area contributed by atoms with Gasteiger partial charge in [-0.15, -0.1) is 0 Å². The van der Waals surface area contributed by atoms with Crippen LogP contribution in [0.15, 0.2) is 18.2 Å². The molecule has 0 spiro atoms. The van der Waals surface area contributed by atoms with Crippen LogP contribution in [0.2, 0.25) is 5.02 Å². The number of nitrogens with zero attached hydrogens (tertiary/aromatic N) is 1. The molecular weight excluding hydrogens is 294 g/mol. The van der Waals surface area contributed by atoms with Gasteiger partial charge in [0.15, 0.2) is 0 Å². The van der Waals surface area contributed by atoms with E-state index in [9.17, 15) is 9.59 Å². The van der Waals surface area contributed by atoms with E-state index in [1.165, 1.54) is 4.90 Å². The van der Waals surface area contributed by atoms with Gasteiger partial charge in [0.1, 0.15) is 12.3 Å². The molecule has 0 saturated heterocycles. The molecule has 1 aromatic rings. The molecule has 0 aliphatic heterocycles. The Bertz CT molecular complexity index is 516. The van der Waals surface area contributed by atoms with Gasteiger partial charge in [0.25, 0.3) is 0 Å². The molecule has 0 aromatic heterocycles. The van der Waals surface area contributed by atoms with Gasteiger partial charge in [0.05, 0.1) is 18.1 Å². The van der Waals surface area contributed by atoms with Gasteiger partial charge >= 0.3 is 5.97 Å². The van der Waals surface area contributed by atoms with Gasteiger partial charge in [-0.2, -0.15) is 0 Å². The first-order chi connectivity index (χ1) is 9.86. The lowest BCUT2D eigenvalue weighted by atomic mass is 10.1. The van der Waals surface area contributed by atoms with Crippen molar-refractivity contribution in [3.05, 3.63) is 28.8 Å². The van der Waals surface area contributed by atoms with Crippen LogP contribution < -0.4 is 4.74 Å². The number of amides is 1. The lowest BCUT2D eigenvalue weighted by Gasteiger charge is -2.25. The van der Waals surface area contributed by atoms with Crippen molar-refractivity contribution in [1.29, 1.82) is 0 Å². The molecule has 0 fully saturated rings. The number of halogens is 1. The highest BCUT2D eigenvalue weighted by atomic mass is 35.5. The van der Waals surface area contributed by atoms with Crippen LogP contribution in [0.4, 0.5) is 0 Å². The van der Waals surface area contributed by atoms with Crippen LogP contribution in [0.25, 0.3) is 0 Å². The molecule has 0 aliphatic rings. The summed E-state index contributed by atoms with van der Waals surface area (Å²) < 4.78 is 5.47. The van der Waals surface area contributed by atoms with E-state index < -0.39 is 5.97 Å². The van der Waals surface area contributed by atoms with E-state index in [2.05, 4.69) is 0 Å². The number of carbonyl (C=O) groups excluding carboxylic acids is 1. The number of para-hydroxylation sites is 1. The number of aliphatic carboxylic acids is 1. The number of benzene rings is 1. The van der Waals surface area contributed by atoms with Gasteiger partial charge in [-0.3, -0.25) is 9.59 Å². The van der Waals surface area contributed by atoms with E-state index in [1.54, 1.807) is 32.0 Å². The summed E-state index contributed by atoms with van der Waals surface area (Å²) in [6, 6.07) is 5.00. The van der Waals surface area contributed by atoms with E-state index in [0.29, 0.717) is 22.9 Å². The highest BCUT2D eigenvalue weighted by molar-refractivity contribution is 6.32. The largest absolute Gasteiger partial charge is 0.492 e. The smallest absolute Gasteiger partial charge is 0.323 e. The zero-order valence-corrected chi connectivity index (χ0v) is 13.2. The molecule has 0 unspecified atom stereocenters. The third-order valence-electron chi connectivity index (χ3n) is 2.93. The number of hydrogen-bond donors (Lipinski definition) is 1. The monoisotopic (exact) mass is 313 g/mol. The number of hydrogen-bond acceptors (Lipinski definition) is 3. The second kappa shape index (κ2) is 7.88. The summed E-state index contributed by atoms with van der Waals surface area (Å²) in [5.74, 6) is -0.821. The van der Waals surface area contributed by atoms with Gasteiger partial charge in [-0.1, -0.05) is 23.7 Å². The van der Waals surface area contributed by atoms with Crippen molar-refractivity contribution in [2.24, 2.45) is 0 Å². The van der Waals surface area contributed by atoms with E-state index in [0.717, 1.165) is 0 Å². The van der Waals surface area contributed by atoms with Crippen LogP contribution in [0.3, 0.4) is 0 Å². The van der Waals surface area contributed by atoms with Crippen molar-refractivity contribution in [2.45, 2.75) is 33.2 Å². The molecule has 5 nitrogen and oxygen atoms in total. The zero-order valence-electron chi connectivity index (χ0n) is 12.4. The van der Waals surface area contributed by atoms with Gasteiger partial charge < -0.3 is 14.7 Å². The molecule has 0 aliphatic carbocycles. The minimum absolute atomic E-state index is 0.0569. The van der Waals surface area contributed by atoms with Crippen molar-refractivity contribution >= 4 is 23.5 Å². The summed E-state index contributed by atoms with van der Waals surface area (Å²) in [6.07, 6.45) is 0.0569. The average Bonchev–Trinajstić information content (AvgIpc) is 2.39. The molecule has 1 N–H and O–H groups in total. The first-order valence-corrected chi connectivity index (χ1v) is 7.16. The molecule has 1 aromatic carbocycles. The maximum absolute atomic E-state index is 12.3. The standard InChI is InChI=1S/C15H20ClNO4/c1-4-21-15-11(6-5-7-12(15)16)8-13(18)17(10(2)3)9-14(19)20/h5-7,10H,4,8-9H2,1-3H3,(H,19,20). The summed E-state index contributed by atoms with van der Waals surface area (Å²) in [7, 11) is 0. The van der Waals surface area contributed by atoms with Crippen molar-refractivity contribution in [3.63, 3.8) is 0 Å². The zero-order chi connectivity index (χ0) is 16.0. The van der Waals surface area contributed by atoms with Crippen molar-refractivity contribution in [3.8, 4) is 5.75 Å². The first kappa shape index (κ1) is 17.3. The number of ether oxygens (including phenoxy) is 1. The van der Waals surface area contributed by atoms with Crippen LogP contribution in [-0.4, -0.2) is 41.1 Å². The Kier molecular flexibility index (Phi) is 6.49. The van der Waals surface area contributed by atoms with Crippen molar-refractivity contribution < 1.29 is 19.4 Å². The molecule has 21 heavy (non-hydrogen) atoms. The highest BCUT2D eigenvalue weighted by Gasteiger charge is 2.21. The topological polar surface area (TPSA) is 66.8 Å². The van der Waals surface area contributed by atoms with Gasteiger partial charge in [0, 0.05) is 11.6 Å². The van der Waals surface area contributed by atoms with Crippen LogP contribution in [0.5, 0.6) is 5.75 Å². The Morgan fingerprint density at radius 3 is 2.57 bits per heavy atom. The summed E-state index contributed by atoms with van der Waals surface area (Å²) in [4.78, 5) is 24.5. The molecule has 0 heterocycles. The number of carboxylic acids is 1. The number of rotatable bonds is 7. The third-order valence-corrected chi connectivity index (χ3v) is 3.23. The Morgan fingerprint density at radius 1 is 1.38 bits per heavy atom. The molecule has 0 saturated carbocycles. The fraction of sp³-hybridized carbons (Fsp3) is 0.467. The van der Waals surface area contributed by atoms with Gasteiger partial charge in [-0.05, 0) is 26.8 Å². The van der Waals surface area contributed by atoms with Gasteiger partial charge in [0.2, 0.25) is 5.91 Å². The minimum Gasteiger partial charge on any atom is -0.492 e. The maximum atomic E-state index is 12.3. The summed E-state index contributed by atoms with van der Waals surface area (Å²) in [6.45, 7) is 5.51. The van der Waals surface area contributed by atoms with Gasteiger partial charge in [-0.25, -0.2) is 0 Å². The fourth-order valence-electron chi connectivity index (χ4n) is 1.97. The Hall–Kier alpha value is -1.75. The predicted octanol–water partition coefficient (Wildman–Crippen LogP) is 2.60. The van der Waals surface area contributed by atoms with E-state index in [1.807, 2.05) is 6.92 Å². The minimum atomic E-state index is -1.03. The summed E-state index contributed by atoms with van der Waals surface area (Å²) >= 11 is 6.07. The molecule has 6 heteroatoms. The number of carbonyl (C=O) groups is 2.